The van der Waals surface area contributed by atoms with Crippen LogP contribution in [0.25, 0.3) is 38.7 Å². The number of anilines is 2. The molecule has 69 heavy (non-hydrogen) atoms. The summed E-state index contributed by atoms with van der Waals surface area (Å²) < 4.78 is 30.6. The third kappa shape index (κ3) is 9.79. The zero-order valence-electron chi connectivity index (χ0n) is 41.1. The fraction of sp³-hybridized carbons (Fsp3) is 0.519. The molecule has 0 saturated carbocycles. The second-order valence-electron chi connectivity index (χ2n) is 19.3. The van der Waals surface area contributed by atoms with Gasteiger partial charge in [-0.15, -0.1) is 0 Å². The van der Waals surface area contributed by atoms with Gasteiger partial charge >= 0.3 is 11.8 Å². The molecule has 372 valence electrons. The molecule has 17 heteroatoms. The molecule has 1 aromatic heterocycles. The number of nitrogens with zero attached hydrogens (tertiary/aromatic N) is 2. The maximum absolute atomic E-state index is 14.9. The summed E-state index contributed by atoms with van der Waals surface area (Å²) in [6.45, 7) is 18.4. The number of aromatic nitrogens is 1. The number of fused-ring (bicyclic) bond motifs is 5. The monoisotopic (exact) mass is 955 g/mol. The number of nitrogens with one attached hydrogen (secondary N) is 1. The van der Waals surface area contributed by atoms with Crippen LogP contribution in [0.15, 0.2) is 62.3 Å². The number of ether oxygens (including phenoxy) is 4. The van der Waals surface area contributed by atoms with Gasteiger partial charge in [-0.05, 0) is 39.2 Å². The normalized spacial score (nSPS) is 29.2. The Labute approximate surface area is 400 Å². The van der Waals surface area contributed by atoms with E-state index in [1.165, 1.54) is 59.3 Å². The third-order valence-corrected chi connectivity index (χ3v) is 14.4. The fourth-order valence-corrected chi connectivity index (χ4v) is 10.0. The summed E-state index contributed by atoms with van der Waals surface area (Å²) >= 11 is 0. The van der Waals surface area contributed by atoms with Crippen LogP contribution >= 0.6 is 0 Å². The lowest BCUT2D eigenvalue weighted by molar-refractivity contribution is -0.660. The predicted octanol–water partition coefficient (Wildman–Crippen LogP) is 4.75. The van der Waals surface area contributed by atoms with Crippen molar-refractivity contribution in [3.05, 3.63) is 79.5 Å². The van der Waals surface area contributed by atoms with E-state index in [4.69, 9.17) is 28.3 Å². The van der Waals surface area contributed by atoms with Gasteiger partial charge in [0.25, 0.3) is 5.91 Å². The molecule has 1 amide bonds. The van der Waals surface area contributed by atoms with Crippen molar-refractivity contribution in [1.29, 1.82) is 0 Å². The number of hydrogen-bond donors (Lipinski definition) is 6. The molecular formula is C52H67N4O13+. The van der Waals surface area contributed by atoms with Gasteiger partial charge in [-0.1, -0.05) is 52.8 Å². The summed E-state index contributed by atoms with van der Waals surface area (Å²) in [6, 6.07) is 3.20. The molecule has 1 saturated heterocycles. The van der Waals surface area contributed by atoms with Gasteiger partial charge in [0.05, 0.1) is 48.3 Å². The van der Waals surface area contributed by atoms with E-state index in [0.29, 0.717) is 11.6 Å². The van der Waals surface area contributed by atoms with E-state index in [0.717, 1.165) is 45.4 Å². The van der Waals surface area contributed by atoms with Crippen LogP contribution < -0.4 is 36.3 Å². The Morgan fingerprint density at radius 3 is 2.36 bits per heavy atom. The Hall–Kier alpha value is -6.01. The molecule has 9 atom stereocenters. The first kappa shape index (κ1) is 50.9. The van der Waals surface area contributed by atoms with Crippen molar-refractivity contribution in [2.75, 3.05) is 43.5 Å². The summed E-state index contributed by atoms with van der Waals surface area (Å²) in [5.41, 5.74) is -1.26. The van der Waals surface area contributed by atoms with Gasteiger partial charge in [0, 0.05) is 98.0 Å². The van der Waals surface area contributed by atoms with E-state index in [9.17, 15) is 39.6 Å². The van der Waals surface area contributed by atoms with Crippen LogP contribution in [0.2, 0.25) is 0 Å². The number of aliphatic hydroxyl groups is 3. The fourth-order valence-electron chi connectivity index (χ4n) is 10.0. The van der Waals surface area contributed by atoms with E-state index < -0.39 is 88.1 Å². The number of phenols is 1. The van der Waals surface area contributed by atoms with Crippen molar-refractivity contribution in [3.8, 4) is 11.5 Å². The molecule has 3 aliphatic rings. The second-order valence-corrected chi connectivity index (χ2v) is 19.3. The number of phenolic OH excluding ortho intramolecular Hbond substituents is 1. The molecule has 17 nitrogen and oxygen atoms in total. The lowest BCUT2D eigenvalue weighted by Crippen LogP contribution is -2.85. The summed E-state index contributed by atoms with van der Waals surface area (Å²) in [4.78, 5) is 62.5. The Balaban J connectivity index is 1.44. The van der Waals surface area contributed by atoms with Crippen molar-refractivity contribution in [1.82, 2.24) is 4.98 Å². The summed E-state index contributed by atoms with van der Waals surface area (Å²) in [6.07, 6.45) is 6.59. The molecule has 4 aromatic rings. The molecule has 1 fully saturated rings. The Kier molecular flexibility index (Phi) is 15.1. The van der Waals surface area contributed by atoms with E-state index in [2.05, 4.69) is 22.5 Å². The van der Waals surface area contributed by atoms with E-state index in [1.54, 1.807) is 45.9 Å². The topological polar surface area (TPSA) is 244 Å². The van der Waals surface area contributed by atoms with Crippen molar-refractivity contribution in [3.63, 3.8) is 0 Å². The minimum absolute atomic E-state index is 0.0443. The molecule has 0 radical (unpaired) electrons. The molecule has 4 heterocycles. The number of piperidine rings is 1. The van der Waals surface area contributed by atoms with Gasteiger partial charge in [0.15, 0.2) is 22.4 Å². The number of aliphatic hydroxyl groups excluding tert-OH is 3. The van der Waals surface area contributed by atoms with Crippen LogP contribution in [0, 0.1) is 36.5 Å². The lowest BCUT2D eigenvalue weighted by atomic mass is 9.78. The lowest BCUT2D eigenvalue weighted by Gasteiger charge is -2.38. The van der Waals surface area contributed by atoms with Crippen molar-refractivity contribution < 1.29 is 58.7 Å². The smallest absolute Gasteiger partial charge is 0.307 e. The summed E-state index contributed by atoms with van der Waals surface area (Å²) in [5.74, 6) is -6.35. The summed E-state index contributed by atoms with van der Waals surface area (Å²) in [7, 11) is 1.45. The molecular weight excluding hydrogens is 889 g/mol. The molecule has 0 unspecified atom stereocenters. The van der Waals surface area contributed by atoms with Gasteiger partial charge < -0.3 is 59.3 Å². The number of nitrogens with two attached hydrogens (primary N) is 1. The maximum Gasteiger partial charge on any atom is 0.307 e. The molecule has 7 N–H and O–H groups in total. The molecule has 3 aliphatic heterocycles. The molecule has 0 aliphatic carbocycles. The van der Waals surface area contributed by atoms with Gasteiger partial charge in [-0.25, -0.2) is 4.98 Å². The predicted molar refractivity (Wildman–Crippen MR) is 262 cm³/mol. The molecule has 0 spiro atoms. The summed E-state index contributed by atoms with van der Waals surface area (Å²) in [5, 5.41) is 51.7. The van der Waals surface area contributed by atoms with E-state index >= 15 is 0 Å². The number of allylic oxidation sites excluding steroid dienone is 2. The van der Waals surface area contributed by atoms with E-state index in [-0.39, 0.29) is 60.8 Å². The largest absolute Gasteiger partial charge is 0.507 e. The SMILES string of the molecule is CCC[NH2+]CC1CCN(c2cc(=O)c3nc4c(oc3c2)c2c(=O)c3c(O)c(C)c5c(c34)=C(O)[C@@](C)(O/C=C/[C@H](OC)[C@@H](C)[C@@H](OC(C)=O)[C@H](C)[C@H](O)[C@H](C)[C@@H](O)[C@@H](C)/C=C/C=C(/C)C(=O)N2)O5)CC1. The number of hydrogen-bond acceptors (Lipinski definition) is 15. The van der Waals surface area contributed by atoms with Crippen LogP contribution in [-0.2, 0) is 23.8 Å². The van der Waals surface area contributed by atoms with Crippen LogP contribution in [0.1, 0.15) is 80.2 Å². The van der Waals surface area contributed by atoms with Crippen LogP contribution in [0.3, 0.4) is 0 Å². The molecule has 3 aromatic carbocycles. The molecule has 5 bridgehead atoms. The van der Waals surface area contributed by atoms with Gasteiger partial charge in [0.2, 0.25) is 10.9 Å². The Morgan fingerprint density at radius 2 is 1.70 bits per heavy atom. The Bertz CT molecular complexity index is 2900. The second kappa shape index (κ2) is 20.5. The van der Waals surface area contributed by atoms with Crippen molar-refractivity contribution in [2.24, 2.45) is 29.6 Å². The number of amides is 1. The number of carbonyl (C=O) groups excluding carboxylic acids is 2. The first-order valence-corrected chi connectivity index (χ1v) is 23.9. The minimum atomic E-state index is -1.98. The number of esters is 1. The van der Waals surface area contributed by atoms with Crippen LogP contribution in [0.4, 0.5) is 11.4 Å². The van der Waals surface area contributed by atoms with Gasteiger partial charge in [0.1, 0.15) is 28.8 Å². The molecule has 7 rings (SSSR count). The zero-order chi connectivity index (χ0) is 50.2. The highest BCUT2D eigenvalue weighted by atomic mass is 16.7. The highest BCUT2D eigenvalue weighted by Crippen LogP contribution is 2.42. The number of rotatable bonds is 7. The quantitative estimate of drug-likeness (QED) is 0.0634. The first-order chi connectivity index (χ1) is 32.7. The van der Waals surface area contributed by atoms with Crippen molar-refractivity contribution in [2.45, 2.75) is 112 Å². The highest BCUT2D eigenvalue weighted by Gasteiger charge is 2.44. The third-order valence-electron chi connectivity index (χ3n) is 14.4. The standard InChI is InChI=1S/C52H66N4O13/c1-11-18-53-24-32-15-19-56(20-16-32)33-22-34(58)40-36(23-33)68-49-41(54-40)37-38-45(61)30(7)48-39(37)50(63)52(9,69-48)66-21-17-35(65-10)27(4)47(67-31(8)57)29(6)44(60)28(5)43(59)25(2)13-12-14-26(3)51(64)55-42(49)46(38)62/h12-14,17,21-23,25,27-29,32,35,43-44,47,53,59-61,63H,11,15-16,18-20,24H2,1-10H3,(H,55,64)/p+1/b13-12+,21-17+,26-14-/t25-,27+,28+,29+,35-,43-,44+,47+,52-/m0/s1. The first-order valence-electron chi connectivity index (χ1n) is 23.9. The maximum atomic E-state index is 14.9. The number of aromatic hydroxyl groups is 1. The average Bonchev–Trinajstić information content (AvgIpc) is 3.59. The number of quaternary nitrogens is 1. The van der Waals surface area contributed by atoms with Crippen LogP contribution in [0.5, 0.6) is 11.5 Å². The van der Waals surface area contributed by atoms with Gasteiger partial charge in [-0.2, -0.15) is 0 Å². The minimum Gasteiger partial charge on any atom is -0.507 e. The average molecular weight is 956 g/mol. The Morgan fingerprint density at radius 1 is 0.986 bits per heavy atom. The highest BCUT2D eigenvalue weighted by molar-refractivity contribution is 6.16. The number of methoxy groups -OCH3 is 1. The number of carbonyl (C=O) groups is 2. The zero-order valence-corrected chi connectivity index (χ0v) is 41.1. The van der Waals surface area contributed by atoms with Gasteiger partial charge in [-0.3, -0.25) is 19.2 Å². The number of benzene rings is 3. The van der Waals surface area contributed by atoms with E-state index in [1.807, 2.05) is 0 Å². The van der Waals surface area contributed by atoms with Crippen LogP contribution in [-0.4, -0.2) is 101 Å². The van der Waals surface area contributed by atoms with Crippen molar-refractivity contribution >= 4 is 62.0 Å².